The van der Waals surface area contributed by atoms with Gasteiger partial charge in [-0.15, -0.1) is 0 Å². The molecular formula is C26H28FN3O4. The predicted molar refractivity (Wildman–Crippen MR) is 127 cm³/mol. The Morgan fingerprint density at radius 1 is 1.15 bits per heavy atom. The third kappa shape index (κ3) is 5.27. The van der Waals surface area contributed by atoms with Gasteiger partial charge in [-0.3, -0.25) is 9.59 Å². The molecule has 4 amide bonds. The lowest BCUT2D eigenvalue weighted by Crippen LogP contribution is -2.38. The van der Waals surface area contributed by atoms with Crippen molar-refractivity contribution in [2.24, 2.45) is 0 Å². The van der Waals surface area contributed by atoms with Crippen LogP contribution in [0.25, 0.3) is 0 Å². The normalized spacial score (nSPS) is 18.2. The molecule has 1 N–H and O–H groups in total. The highest BCUT2D eigenvalue weighted by Gasteiger charge is 2.46. The summed E-state index contributed by atoms with van der Waals surface area (Å²) in [5.74, 6) is -0.765. The molecule has 0 saturated carbocycles. The zero-order valence-electron chi connectivity index (χ0n) is 19.1. The number of carbonyl (C=O) groups excluding carboxylic acids is 3. The molecule has 2 aliphatic rings. The van der Waals surface area contributed by atoms with Crippen LogP contribution in [0.2, 0.25) is 0 Å². The summed E-state index contributed by atoms with van der Waals surface area (Å²) < 4.78 is 18.4. The molecule has 7 nitrogen and oxygen atoms in total. The maximum absolute atomic E-state index is 13.4. The molecular weight excluding hydrogens is 437 g/mol. The van der Waals surface area contributed by atoms with Crippen molar-refractivity contribution in [1.82, 2.24) is 4.90 Å². The zero-order chi connectivity index (χ0) is 24.1. The van der Waals surface area contributed by atoms with Crippen LogP contribution in [0, 0.1) is 5.82 Å². The van der Waals surface area contributed by atoms with E-state index in [2.05, 4.69) is 11.4 Å². The van der Waals surface area contributed by atoms with E-state index in [9.17, 15) is 18.8 Å². The Morgan fingerprint density at radius 2 is 1.94 bits per heavy atom. The van der Waals surface area contributed by atoms with Gasteiger partial charge in [0.05, 0.1) is 19.2 Å². The number of hydrogen-bond acceptors (Lipinski definition) is 4. The smallest absolute Gasteiger partial charge is 0.332 e. The lowest BCUT2D eigenvalue weighted by Gasteiger charge is -2.23. The van der Waals surface area contributed by atoms with Crippen LogP contribution in [0.15, 0.2) is 60.2 Å². The second-order valence-electron chi connectivity index (χ2n) is 8.48. The van der Waals surface area contributed by atoms with Gasteiger partial charge in [0.25, 0.3) is 5.91 Å². The Kier molecular flexibility index (Phi) is 7.25. The highest BCUT2D eigenvalue weighted by molar-refractivity contribution is 6.22. The molecule has 0 aromatic heterocycles. The first kappa shape index (κ1) is 23.5. The van der Waals surface area contributed by atoms with Gasteiger partial charge < -0.3 is 15.0 Å². The van der Waals surface area contributed by atoms with E-state index in [1.165, 1.54) is 48.3 Å². The highest BCUT2D eigenvalue weighted by atomic mass is 19.1. The van der Waals surface area contributed by atoms with E-state index in [1.807, 2.05) is 0 Å². The van der Waals surface area contributed by atoms with E-state index in [0.717, 1.165) is 24.2 Å². The fourth-order valence-corrected chi connectivity index (χ4v) is 4.39. The second kappa shape index (κ2) is 10.5. The quantitative estimate of drug-likeness (QED) is 0.445. The van der Waals surface area contributed by atoms with Gasteiger partial charge in [0, 0.05) is 18.3 Å². The van der Waals surface area contributed by atoms with Gasteiger partial charge in [0.2, 0.25) is 5.91 Å². The van der Waals surface area contributed by atoms with Crippen LogP contribution < -0.4 is 15.0 Å². The lowest BCUT2D eigenvalue weighted by molar-refractivity contribution is -0.124. The van der Waals surface area contributed by atoms with Crippen LogP contribution in [0.3, 0.4) is 0 Å². The van der Waals surface area contributed by atoms with Gasteiger partial charge in [0.1, 0.15) is 17.6 Å². The topological polar surface area (TPSA) is 79.0 Å². The third-order valence-electron chi connectivity index (χ3n) is 6.20. The fourth-order valence-electron chi connectivity index (χ4n) is 4.39. The van der Waals surface area contributed by atoms with Crippen molar-refractivity contribution in [3.63, 3.8) is 0 Å². The molecule has 1 saturated heterocycles. The third-order valence-corrected chi connectivity index (χ3v) is 6.20. The van der Waals surface area contributed by atoms with Crippen LogP contribution >= 0.6 is 0 Å². The average molecular weight is 466 g/mol. The van der Waals surface area contributed by atoms with Crippen LogP contribution in [0.1, 0.15) is 38.5 Å². The number of allylic oxidation sites excluding steroid dienone is 1. The van der Waals surface area contributed by atoms with E-state index < -0.39 is 29.7 Å². The minimum Gasteiger partial charge on any atom is -0.497 e. The van der Waals surface area contributed by atoms with Crippen molar-refractivity contribution >= 4 is 29.2 Å². The molecule has 1 aliphatic heterocycles. The fraction of sp³-hybridized carbons (Fsp3) is 0.346. The Balaban J connectivity index is 1.55. The predicted octanol–water partition coefficient (Wildman–Crippen LogP) is 4.89. The van der Waals surface area contributed by atoms with Crippen LogP contribution in [-0.4, -0.2) is 42.4 Å². The van der Waals surface area contributed by atoms with Crippen LogP contribution in [0.5, 0.6) is 5.75 Å². The largest absolute Gasteiger partial charge is 0.497 e. The first-order chi connectivity index (χ1) is 16.5. The molecule has 4 rings (SSSR count). The van der Waals surface area contributed by atoms with Crippen LogP contribution in [-0.2, 0) is 9.59 Å². The zero-order valence-corrected chi connectivity index (χ0v) is 19.1. The maximum Gasteiger partial charge on any atom is 0.332 e. The summed E-state index contributed by atoms with van der Waals surface area (Å²) in [6.07, 6.45) is 7.00. The van der Waals surface area contributed by atoms with Gasteiger partial charge in [-0.2, -0.15) is 0 Å². The molecule has 178 valence electrons. The van der Waals surface area contributed by atoms with Crippen molar-refractivity contribution in [3.8, 4) is 5.75 Å². The average Bonchev–Trinajstić information content (AvgIpc) is 3.08. The number of ether oxygens (including phenoxy) is 1. The number of anilines is 2. The number of benzene rings is 2. The molecule has 2 aromatic carbocycles. The van der Waals surface area contributed by atoms with Crippen LogP contribution in [0.4, 0.5) is 20.6 Å². The molecule has 0 radical (unpaired) electrons. The summed E-state index contributed by atoms with van der Waals surface area (Å²) in [7, 11) is 1.51. The molecule has 2 aromatic rings. The standard InChI is InChI=1S/C26H28FN3O4/c1-34-22-9-5-8-21(16-22)30-25(32)23(17-24(31)28-20-12-10-19(27)11-13-20)29(26(30)33)15-14-18-6-3-2-4-7-18/h5-6,8-13,16,23H,2-4,7,14-15,17H2,1H3,(H,28,31)/t23-/m1/s1. The minimum absolute atomic E-state index is 0.193. The molecule has 34 heavy (non-hydrogen) atoms. The minimum atomic E-state index is -0.927. The summed E-state index contributed by atoms with van der Waals surface area (Å²) in [5, 5.41) is 2.68. The molecule has 0 spiro atoms. The molecule has 0 unspecified atom stereocenters. The van der Waals surface area contributed by atoms with Gasteiger partial charge in [-0.25, -0.2) is 14.1 Å². The summed E-state index contributed by atoms with van der Waals surface area (Å²) in [6.45, 7) is 0.353. The Bertz CT molecular complexity index is 1100. The van der Waals surface area contributed by atoms with Crippen molar-refractivity contribution < 1.29 is 23.5 Å². The number of nitrogens with zero attached hydrogens (tertiary/aromatic N) is 2. The second-order valence-corrected chi connectivity index (χ2v) is 8.48. The van der Waals surface area contributed by atoms with E-state index in [-0.39, 0.29) is 6.42 Å². The van der Waals surface area contributed by atoms with Crippen molar-refractivity contribution in [2.45, 2.75) is 44.6 Å². The number of nitrogens with one attached hydrogen (secondary N) is 1. The summed E-state index contributed by atoms with van der Waals surface area (Å²) in [4.78, 5) is 42.1. The Hall–Kier alpha value is -3.68. The van der Waals surface area contributed by atoms with Crippen molar-refractivity contribution in [2.75, 3.05) is 23.9 Å². The first-order valence-electron chi connectivity index (χ1n) is 11.5. The first-order valence-corrected chi connectivity index (χ1v) is 11.5. The number of hydrogen-bond donors (Lipinski definition) is 1. The number of halogens is 1. The van der Waals surface area contributed by atoms with Crippen molar-refractivity contribution in [1.29, 1.82) is 0 Å². The lowest BCUT2D eigenvalue weighted by atomic mass is 9.97. The molecule has 1 heterocycles. The van der Waals surface area contributed by atoms with Gasteiger partial charge in [-0.1, -0.05) is 17.7 Å². The Morgan fingerprint density at radius 3 is 2.65 bits per heavy atom. The number of imide groups is 1. The van der Waals surface area contributed by atoms with Crippen molar-refractivity contribution in [3.05, 3.63) is 66.0 Å². The van der Waals surface area contributed by atoms with Gasteiger partial charge in [-0.05, 0) is 68.5 Å². The van der Waals surface area contributed by atoms with E-state index in [0.29, 0.717) is 30.1 Å². The molecule has 0 bridgehead atoms. The summed E-state index contributed by atoms with van der Waals surface area (Å²) in [5.41, 5.74) is 2.10. The number of carbonyl (C=O) groups is 3. The summed E-state index contributed by atoms with van der Waals surface area (Å²) in [6, 6.07) is 10.7. The SMILES string of the molecule is COc1cccc(N2C(=O)[C@@H](CC(=O)Nc3ccc(F)cc3)N(CCC3=CCCCC3)C2=O)c1. The maximum atomic E-state index is 13.4. The molecule has 1 atom stereocenters. The van der Waals surface area contributed by atoms with Gasteiger partial charge in [0.15, 0.2) is 0 Å². The number of amides is 4. The van der Waals surface area contributed by atoms with E-state index in [1.54, 1.807) is 24.3 Å². The number of methoxy groups -OCH3 is 1. The highest BCUT2D eigenvalue weighted by Crippen LogP contribution is 2.30. The van der Waals surface area contributed by atoms with Gasteiger partial charge >= 0.3 is 6.03 Å². The monoisotopic (exact) mass is 465 g/mol. The molecule has 1 aliphatic carbocycles. The number of rotatable bonds is 8. The van der Waals surface area contributed by atoms with E-state index >= 15 is 0 Å². The van der Waals surface area contributed by atoms with E-state index in [4.69, 9.17) is 4.74 Å². The molecule has 8 heteroatoms. The summed E-state index contributed by atoms with van der Waals surface area (Å²) >= 11 is 0. The molecule has 1 fully saturated rings. The Labute approximate surface area is 198 Å². The number of urea groups is 1.